The van der Waals surface area contributed by atoms with Crippen LogP contribution >= 0.6 is 0 Å². The predicted molar refractivity (Wildman–Crippen MR) is 160 cm³/mol. The molecular formula is C30H50Si2Sn. The Kier molecular flexibility index (Phi) is 11.7. The van der Waals surface area contributed by atoms with Crippen LogP contribution in [0.5, 0.6) is 0 Å². The second-order valence-electron chi connectivity index (χ2n) is 11.4. The molecule has 2 aromatic rings. The van der Waals surface area contributed by atoms with Crippen LogP contribution < -0.4 is 10.4 Å². The molecule has 0 unspecified atom stereocenters. The summed E-state index contributed by atoms with van der Waals surface area (Å²) in [5.74, 6) is 0. The van der Waals surface area contributed by atoms with Gasteiger partial charge in [-0.15, -0.1) is 0 Å². The molecule has 0 atom stereocenters. The summed E-state index contributed by atoms with van der Waals surface area (Å²) in [5.41, 5.74) is 2.97. The second kappa shape index (κ2) is 13.5. The van der Waals surface area contributed by atoms with Crippen molar-refractivity contribution < 1.29 is 0 Å². The van der Waals surface area contributed by atoms with Crippen LogP contribution in [0.15, 0.2) is 69.6 Å². The van der Waals surface area contributed by atoms with E-state index in [0.717, 1.165) is 0 Å². The Morgan fingerprint density at radius 2 is 1.00 bits per heavy atom. The molecule has 0 radical (unpaired) electrons. The number of rotatable bonds is 14. The van der Waals surface area contributed by atoms with Crippen LogP contribution in [0, 0.1) is 0 Å². The molecule has 0 heterocycles. The molecular weight excluding hydrogens is 535 g/mol. The van der Waals surface area contributed by atoms with Crippen LogP contribution in [-0.4, -0.2) is 34.5 Å². The number of benzene rings is 2. The summed E-state index contributed by atoms with van der Waals surface area (Å²) in [7, 11) is -3.44. The third-order valence-corrected chi connectivity index (χ3v) is 36.6. The average molecular weight is 586 g/mol. The van der Waals surface area contributed by atoms with Crippen molar-refractivity contribution in [2.45, 2.75) is 98.8 Å². The fraction of sp³-hybridized carbons (Fsp3) is 0.533. The summed E-state index contributed by atoms with van der Waals surface area (Å²) in [6.45, 7) is 17.7. The van der Waals surface area contributed by atoms with Crippen LogP contribution in [0.4, 0.5) is 0 Å². The summed E-state index contributed by atoms with van der Waals surface area (Å²) in [6, 6.07) is 23.4. The van der Waals surface area contributed by atoms with Gasteiger partial charge in [0.05, 0.1) is 0 Å². The molecule has 3 heteroatoms. The molecule has 0 nitrogen and oxygen atoms in total. The molecule has 33 heavy (non-hydrogen) atoms. The second-order valence-corrected chi connectivity index (χ2v) is 34.9. The van der Waals surface area contributed by atoms with E-state index in [9.17, 15) is 0 Å². The Balaban J connectivity index is 2.90. The first kappa shape index (κ1) is 28.6. The van der Waals surface area contributed by atoms with Gasteiger partial charge in [-0.1, -0.05) is 0 Å². The van der Waals surface area contributed by atoms with Gasteiger partial charge in [0.25, 0.3) is 0 Å². The molecule has 0 amide bonds. The van der Waals surface area contributed by atoms with Gasteiger partial charge in [0.1, 0.15) is 0 Å². The van der Waals surface area contributed by atoms with Gasteiger partial charge in [-0.05, 0) is 0 Å². The summed E-state index contributed by atoms with van der Waals surface area (Å²) >= 11 is -2.65. The zero-order chi connectivity index (χ0) is 24.4. The molecule has 0 aliphatic rings. The quantitative estimate of drug-likeness (QED) is 0.195. The summed E-state index contributed by atoms with van der Waals surface area (Å²) in [5, 5.41) is 3.26. The number of unbranched alkanes of at least 4 members (excludes halogenated alkanes) is 3. The Morgan fingerprint density at radius 3 is 1.30 bits per heavy atom. The minimum absolute atomic E-state index is 1.34. The first-order valence-electron chi connectivity index (χ1n) is 13.6. The van der Waals surface area contributed by atoms with Crippen LogP contribution in [0.2, 0.25) is 39.5 Å². The molecule has 0 N–H and O–H groups in total. The fourth-order valence-corrected chi connectivity index (χ4v) is 46.6. The summed E-state index contributed by atoms with van der Waals surface area (Å²) in [6.07, 6.45) is 8.31. The van der Waals surface area contributed by atoms with Crippen molar-refractivity contribution in [3.05, 3.63) is 69.6 Å². The van der Waals surface area contributed by atoms with Gasteiger partial charge in [-0.3, -0.25) is 0 Å². The Hall–Kier alpha value is -0.588. The van der Waals surface area contributed by atoms with E-state index in [0.29, 0.717) is 0 Å². The van der Waals surface area contributed by atoms with Crippen LogP contribution in [0.25, 0.3) is 0 Å². The van der Waals surface area contributed by atoms with Crippen LogP contribution in [-0.2, 0) is 0 Å². The van der Waals surface area contributed by atoms with Gasteiger partial charge in [-0.2, -0.15) is 0 Å². The first-order valence-corrected chi connectivity index (χ1v) is 27.1. The maximum atomic E-state index is 2.97. The number of hydrogen-bond donors (Lipinski definition) is 0. The van der Waals surface area contributed by atoms with Crippen LogP contribution in [0.1, 0.15) is 59.3 Å². The van der Waals surface area contributed by atoms with Crippen molar-refractivity contribution in [1.82, 2.24) is 0 Å². The van der Waals surface area contributed by atoms with E-state index in [1.54, 1.807) is 23.7 Å². The molecule has 0 aromatic heterocycles. The van der Waals surface area contributed by atoms with Gasteiger partial charge < -0.3 is 0 Å². The normalized spacial score (nSPS) is 13.4. The molecule has 0 aliphatic heterocycles. The Bertz CT molecular complexity index is 775. The zero-order valence-corrected chi connectivity index (χ0v) is 27.6. The fourth-order valence-electron chi connectivity index (χ4n) is 5.61. The molecule has 0 bridgehead atoms. The summed E-state index contributed by atoms with van der Waals surface area (Å²) < 4.78 is 6.75. The third kappa shape index (κ3) is 7.70. The van der Waals surface area contributed by atoms with E-state index < -0.39 is 34.5 Å². The topological polar surface area (TPSA) is 0 Å². The van der Waals surface area contributed by atoms with Crippen molar-refractivity contribution in [1.29, 1.82) is 0 Å². The first-order chi connectivity index (χ1) is 15.7. The zero-order valence-electron chi connectivity index (χ0n) is 22.7. The number of hydrogen-bond acceptors (Lipinski definition) is 0. The van der Waals surface area contributed by atoms with E-state index in [2.05, 4.69) is 117 Å². The summed E-state index contributed by atoms with van der Waals surface area (Å²) in [4.78, 5) is 0. The van der Waals surface area contributed by atoms with E-state index in [4.69, 9.17) is 0 Å². The monoisotopic (exact) mass is 586 g/mol. The van der Waals surface area contributed by atoms with Crippen molar-refractivity contribution in [2.75, 3.05) is 0 Å². The van der Waals surface area contributed by atoms with Crippen molar-refractivity contribution in [2.24, 2.45) is 0 Å². The maximum absolute atomic E-state index is 2.97. The van der Waals surface area contributed by atoms with E-state index in [1.807, 2.05) is 0 Å². The van der Waals surface area contributed by atoms with E-state index in [-0.39, 0.29) is 0 Å². The molecule has 2 aromatic carbocycles. The standard InChI is InChI=1S/C18H23Si2.3C4H9.Sn/c1-19(2,3)15-16-20(4,17-11-7-5-8-12-17)18-13-9-6-10-14-18;3*1-3-4-2;/h5-15H,1-4H3;3*1,3-4H2,2H3;. The van der Waals surface area contributed by atoms with E-state index >= 15 is 0 Å². The van der Waals surface area contributed by atoms with Crippen molar-refractivity contribution in [3.8, 4) is 0 Å². The third-order valence-electron chi connectivity index (χ3n) is 7.42. The van der Waals surface area contributed by atoms with Gasteiger partial charge >= 0.3 is 213 Å². The molecule has 0 aliphatic carbocycles. The molecule has 0 fully saturated rings. The van der Waals surface area contributed by atoms with Gasteiger partial charge in [0, 0.05) is 0 Å². The Morgan fingerprint density at radius 1 is 0.636 bits per heavy atom. The molecule has 2 rings (SSSR count). The van der Waals surface area contributed by atoms with Crippen molar-refractivity contribution >= 4 is 44.9 Å². The van der Waals surface area contributed by atoms with Gasteiger partial charge in [0.15, 0.2) is 0 Å². The molecule has 182 valence electrons. The Labute approximate surface area is 212 Å². The van der Waals surface area contributed by atoms with Crippen LogP contribution in [0.3, 0.4) is 0 Å². The average Bonchev–Trinajstić information content (AvgIpc) is 2.82. The van der Waals surface area contributed by atoms with Crippen molar-refractivity contribution in [3.63, 3.8) is 0 Å². The molecule has 0 spiro atoms. The van der Waals surface area contributed by atoms with Gasteiger partial charge in [0.2, 0.25) is 0 Å². The SMILES string of the molecule is CCC[CH2][Sn]([CH2]CCC)([CH2]CCC)/[C](=C\[Si](C)(C)C)[Si](C)(c1ccccc1)c1ccccc1. The van der Waals surface area contributed by atoms with Gasteiger partial charge in [-0.25, -0.2) is 0 Å². The minimum atomic E-state index is -2.65. The molecule has 0 saturated carbocycles. The molecule has 0 saturated heterocycles. The van der Waals surface area contributed by atoms with E-state index in [1.165, 1.54) is 38.5 Å². The predicted octanol–water partition coefficient (Wildman–Crippen LogP) is 8.61.